The summed E-state index contributed by atoms with van der Waals surface area (Å²) in [6.07, 6.45) is 1.66. The number of anilines is 1. The molecule has 0 aliphatic heterocycles. The minimum atomic E-state index is -3.58. The zero-order valence-electron chi connectivity index (χ0n) is 13.8. The number of aryl methyl sites for hydroxylation is 1. The van der Waals surface area contributed by atoms with Crippen molar-refractivity contribution in [3.63, 3.8) is 0 Å². The molecule has 0 saturated carbocycles. The fraction of sp³-hybridized carbons (Fsp3) is 0.250. The van der Waals surface area contributed by atoms with Gasteiger partial charge in [-0.1, -0.05) is 12.1 Å². The lowest BCUT2D eigenvalue weighted by Gasteiger charge is -2.18. The van der Waals surface area contributed by atoms with E-state index in [1.807, 2.05) is 12.1 Å². The van der Waals surface area contributed by atoms with Gasteiger partial charge in [0.05, 0.1) is 17.1 Å². The first-order chi connectivity index (χ1) is 11.3. The summed E-state index contributed by atoms with van der Waals surface area (Å²) in [6.45, 7) is 2.04. The van der Waals surface area contributed by atoms with E-state index in [1.165, 1.54) is 18.0 Å². The Morgan fingerprint density at radius 3 is 2.62 bits per heavy atom. The van der Waals surface area contributed by atoms with Gasteiger partial charge in [0.1, 0.15) is 0 Å². The Balaban J connectivity index is 2.13. The first kappa shape index (κ1) is 17.9. The highest BCUT2D eigenvalue weighted by atomic mass is 32.2. The van der Waals surface area contributed by atoms with E-state index in [-0.39, 0.29) is 10.9 Å². The Kier molecular flexibility index (Phi) is 5.53. The first-order valence-electron chi connectivity index (χ1n) is 7.29. The van der Waals surface area contributed by atoms with E-state index in [0.29, 0.717) is 17.8 Å². The third-order valence-electron chi connectivity index (χ3n) is 3.47. The number of carbonyl (C=O) groups is 1. The van der Waals surface area contributed by atoms with E-state index < -0.39 is 10.0 Å². The molecule has 2 aromatic rings. The van der Waals surface area contributed by atoms with Gasteiger partial charge in [-0.3, -0.25) is 4.98 Å². The third-order valence-corrected chi connectivity index (χ3v) is 5.03. The molecule has 2 N–H and O–H groups in total. The highest BCUT2D eigenvalue weighted by molar-refractivity contribution is 7.89. The number of carbonyl (C=O) groups excluding carboxylic acids is 1. The van der Waals surface area contributed by atoms with Gasteiger partial charge in [0, 0.05) is 18.9 Å². The predicted molar refractivity (Wildman–Crippen MR) is 92.1 cm³/mol. The molecule has 2 rings (SSSR count). The number of amides is 2. The number of nitrogens with zero attached hydrogens (tertiary/aromatic N) is 2. The van der Waals surface area contributed by atoms with Crippen LogP contribution in [0.2, 0.25) is 0 Å². The molecule has 128 valence electrons. The highest BCUT2D eigenvalue weighted by Crippen LogP contribution is 2.20. The molecule has 8 heteroatoms. The monoisotopic (exact) mass is 348 g/mol. The van der Waals surface area contributed by atoms with Crippen molar-refractivity contribution in [3.8, 4) is 0 Å². The summed E-state index contributed by atoms with van der Waals surface area (Å²) in [4.78, 5) is 18.0. The molecular formula is C16H20N4O3S. The lowest BCUT2D eigenvalue weighted by atomic mass is 10.2. The number of benzene rings is 1. The van der Waals surface area contributed by atoms with Gasteiger partial charge >= 0.3 is 6.03 Å². The van der Waals surface area contributed by atoms with Crippen LogP contribution in [0.15, 0.2) is 47.5 Å². The number of pyridine rings is 1. The maximum Gasteiger partial charge on any atom is 0.321 e. The van der Waals surface area contributed by atoms with Crippen LogP contribution in [-0.4, -0.2) is 38.4 Å². The van der Waals surface area contributed by atoms with Gasteiger partial charge in [-0.05, 0) is 43.8 Å². The van der Waals surface area contributed by atoms with Crippen molar-refractivity contribution in [2.45, 2.75) is 18.4 Å². The molecule has 1 aromatic heterocycles. The Hall–Kier alpha value is -2.45. The molecule has 0 radical (unpaired) electrons. The van der Waals surface area contributed by atoms with E-state index >= 15 is 0 Å². The average molecular weight is 348 g/mol. The van der Waals surface area contributed by atoms with Crippen LogP contribution >= 0.6 is 0 Å². The normalized spacial score (nSPS) is 11.1. The smallest absolute Gasteiger partial charge is 0.321 e. The second-order valence-electron chi connectivity index (χ2n) is 5.30. The standard InChI is InChI=1S/C16H20N4O3S/c1-12-7-8-13(10-15(12)24(22,23)17-2)19-16(21)20(3)11-14-6-4-5-9-18-14/h4-10,17H,11H2,1-3H3,(H,19,21). The number of hydrogen-bond donors (Lipinski definition) is 2. The maximum atomic E-state index is 12.3. The summed E-state index contributed by atoms with van der Waals surface area (Å²) in [6, 6.07) is 9.88. The molecule has 0 aliphatic rings. The Morgan fingerprint density at radius 1 is 1.25 bits per heavy atom. The molecule has 0 spiro atoms. The fourth-order valence-electron chi connectivity index (χ4n) is 2.10. The number of rotatable bonds is 5. The number of hydrogen-bond acceptors (Lipinski definition) is 4. The third kappa shape index (κ3) is 4.30. The Morgan fingerprint density at radius 2 is 2.00 bits per heavy atom. The SMILES string of the molecule is CNS(=O)(=O)c1cc(NC(=O)N(C)Cc2ccccn2)ccc1C. The van der Waals surface area contributed by atoms with Gasteiger partial charge in [0.15, 0.2) is 0 Å². The molecule has 0 unspecified atom stereocenters. The fourth-order valence-corrected chi connectivity index (χ4v) is 3.10. The number of urea groups is 1. The van der Waals surface area contributed by atoms with Crippen molar-refractivity contribution in [2.75, 3.05) is 19.4 Å². The minimum absolute atomic E-state index is 0.134. The summed E-state index contributed by atoms with van der Waals surface area (Å²) >= 11 is 0. The molecule has 1 heterocycles. The van der Waals surface area contributed by atoms with E-state index in [2.05, 4.69) is 15.0 Å². The number of aromatic nitrogens is 1. The molecule has 0 bridgehead atoms. The van der Waals surface area contributed by atoms with Gasteiger partial charge in [0.2, 0.25) is 10.0 Å². The lowest BCUT2D eigenvalue weighted by molar-refractivity contribution is 0.220. The number of nitrogens with one attached hydrogen (secondary N) is 2. The van der Waals surface area contributed by atoms with Gasteiger partial charge in [-0.15, -0.1) is 0 Å². The summed E-state index contributed by atoms with van der Waals surface area (Å²) in [5.74, 6) is 0. The maximum absolute atomic E-state index is 12.3. The van der Waals surface area contributed by atoms with Crippen LogP contribution in [0.5, 0.6) is 0 Å². The largest absolute Gasteiger partial charge is 0.322 e. The Bertz CT molecular complexity index is 822. The van der Waals surface area contributed by atoms with Crippen molar-refractivity contribution in [3.05, 3.63) is 53.9 Å². The molecule has 2 amide bonds. The summed E-state index contributed by atoms with van der Waals surface area (Å²) < 4.78 is 26.3. The predicted octanol–water partition coefficient (Wildman–Crippen LogP) is 1.96. The second-order valence-corrected chi connectivity index (χ2v) is 7.15. The van der Waals surface area contributed by atoms with E-state index in [1.54, 1.807) is 38.4 Å². The molecule has 0 atom stereocenters. The van der Waals surface area contributed by atoms with E-state index in [0.717, 1.165) is 5.69 Å². The quantitative estimate of drug-likeness (QED) is 0.864. The van der Waals surface area contributed by atoms with Crippen molar-refractivity contribution < 1.29 is 13.2 Å². The first-order valence-corrected chi connectivity index (χ1v) is 8.78. The summed E-state index contributed by atoms with van der Waals surface area (Å²) in [5.41, 5.74) is 1.77. The second kappa shape index (κ2) is 7.41. The molecule has 24 heavy (non-hydrogen) atoms. The zero-order valence-corrected chi connectivity index (χ0v) is 14.6. The van der Waals surface area contributed by atoms with Crippen molar-refractivity contribution in [1.82, 2.24) is 14.6 Å². The van der Waals surface area contributed by atoms with E-state index in [4.69, 9.17) is 0 Å². The van der Waals surface area contributed by atoms with Crippen molar-refractivity contribution >= 4 is 21.7 Å². The topological polar surface area (TPSA) is 91.4 Å². The molecule has 0 saturated heterocycles. The van der Waals surface area contributed by atoms with E-state index in [9.17, 15) is 13.2 Å². The van der Waals surface area contributed by atoms with Crippen LogP contribution in [0, 0.1) is 6.92 Å². The van der Waals surface area contributed by atoms with Gasteiger partial charge < -0.3 is 10.2 Å². The van der Waals surface area contributed by atoms with Crippen LogP contribution in [-0.2, 0) is 16.6 Å². The van der Waals surface area contributed by atoms with Crippen LogP contribution in [0.3, 0.4) is 0 Å². The average Bonchev–Trinajstić information content (AvgIpc) is 2.57. The molecule has 7 nitrogen and oxygen atoms in total. The summed E-state index contributed by atoms with van der Waals surface area (Å²) in [5, 5.41) is 2.69. The molecule has 0 fully saturated rings. The van der Waals surface area contributed by atoms with Gasteiger partial charge in [-0.2, -0.15) is 0 Å². The lowest BCUT2D eigenvalue weighted by Crippen LogP contribution is -2.31. The van der Waals surface area contributed by atoms with Gasteiger partial charge in [-0.25, -0.2) is 17.9 Å². The zero-order chi connectivity index (χ0) is 17.7. The van der Waals surface area contributed by atoms with Crippen molar-refractivity contribution in [1.29, 1.82) is 0 Å². The minimum Gasteiger partial charge on any atom is -0.322 e. The highest BCUT2D eigenvalue weighted by Gasteiger charge is 2.16. The molecule has 1 aromatic carbocycles. The van der Waals surface area contributed by atoms with Crippen molar-refractivity contribution in [2.24, 2.45) is 0 Å². The van der Waals surface area contributed by atoms with Gasteiger partial charge in [0.25, 0.3) is 0 Å². The molecule has 0 aliphatic carbocycles. The molecular weight excluding hydrogens is 328 g/mol. The van der Waals surface area contributed by atoms with Crippen LogP contribution in [0.4, 0.5) is 10.5 Å². The van der Waals surface area contributed by atoms with Crippen LogP contribution in [0.1, 0.15) is 11.3 Å². The number of sulfonamides is 1. The van der Waals surface area contributed by atoms with Crippen LogP contribution in [0.25, 0.3) is 0 Å². The van der Waals surface area contributed by atoms with Crippen LogP contribution < -0.4 is 10.0 Å². The Labute approximate surface area is 141 Å². The summed E-state index contributed by atoms with van der Waals surface area (Å²) in [7, 11) is -0.591.